The zero-order valence-corrected chi connectivity index (χ0v) is 41.3. The van der Waals surface area contributed by atoms with Gasteiger partial charge in [-0.15, -0.1) is 0 Å². The Balaban J connectivity index is 4.44. The lowest BCUT2D eigenvalue weighted by Gasteiger charge is -2.18. The molecule has 1 unspecified atom stereocenters. The lowest BCUT2D eigenvalue weighted by atomic mass is 10.1. The van der Waals surface area contributed by atoms with E-state index in [9.17, 15) is 14.4 Å². The molecule has 0 saturated heterocycles. The van der Waals surface area contributed by atoms with Gasteiger partial charge < -0.3 is 14.2 Å². The first kappa shape index (κ1) is 59.9. The van der Waals surface area contributed by atoms with Crippen molar-refractivity contribution >= 4 is 17.9 Å². The van der Waals surface area contributed by atoms with Gasteiger partial charge in [-0.25, -0.2) is 0 Å². The highest BCUT2D eigenvalue weighted by Crippen LogP contribution is 2.14. The van der Waals surface area contributed by atoms with Gasteiger partial charge in [-0.2, -0.15) is 0 Å². The average molecular weight is 879 g/mol. The summed E-state index contributed by atoms with van der Waals surface area (Å²) in [6.07, 6.45) is 64.6. The van der Waals surface area contributed by atoms with Gasteiger partial charge in [-0.05, 0) is 89.9 Å². The Labute approximate surface area is 389 Å². The first-order valence-electron chi connectivity index (χ1n) is 26.5. The number of carbonyl (C=O) groups excluding carboxylic acids is 3. The molecule has 63 heavy (non-hydrogen) atoms. The molecule has 0 aromatic heterocycles. The highest BCUT2D eigenvalue weighted by molar-refractivity contribution is 5.71. The van der Waals surface area contributed by atoms with Crippen LogP contribution in [0.2, 0.25) is 0 Å². The fraction of sp³-hybridized carbons (Fsp3) is 0.737. The van der Waals surface area contributed by atoms with E-state index in [1.807, 2.05) is 0 Å². The van der Waals surface area contributed by atoms with Crippen LogP contribution in [-0.2, 0) is 28.6 Å². The van der Waals surface area contributed by atoms with Gasteiger partial charge in [0.2, 0.25) is 0 Å². The van der Waals surface area contributed by atoms with Gasteiger partial charge in [0.1, 0.15) is 13.2 Å². The Morgan fingerprint density at radius 2 is 0.635 bits per heavy atom. The predicted molar refractivity (Wildman–Crippen MR) is 270 cm³/mol. The molecule has 0 saturated carbocycles. The summed E-state index contributed by atoms with van der Waals surface area (Å²) in [5, 5.41) is 0. The molecule has 0 rings (SSSR count). The van der Waals surface area contributed by atoms with E-state index in [-0.39, 0.29) is 31.1 Å². The first-order valence-corrected chi connectivity index (χ1v) is 26.5. The molecule has 1 atom stereocenters. The highest BCUT2D eigenvalue weighted by atomic mass is 16.6. The minimum Gasteiger partial charge on any atom is -0.462 e. The molecule has 0 amide bonds. The molecule has 0 aromatic rings. The van der Waals surface area contributed by atoms with E-state index in [4.69, 9.17) is 14.2 Å². The Kier molecular flexibility index (Phi) is 48.9. The second-order valence-electron chi connectivity index (χ2n) is 17.5. The summed E-state index contributed by atoms with van der Waals surface area (Å²) >= 11 is 0. The molecule has 0 fully saturated rings. The SMILES string of the molecule is CC/C=C/C=C/C=C/CCCCCCCC(=O)OCC(COC(=O)CCCCCCC/C=C/C=C/CCCCCCCCC)OC(=O)CCCCC/C=C/CCCCCCCCC. The smallest absolute Gasteiger partial charge is 0.306 e. The molecule has 6 nitrogen and oxygen atoms in total. The van der Waals surface area contributed by atoms with Crippen molar-refractivity contribution in [2.45, 2.75) is 258 Å². The molecule has 0 N–H and O–H groups in total. The Hall–Kier alpha value is -3.15. The minimum atomic E-state index is -0.797. The third-order valence-corrected chi connectivity index (χ3v) is 11.3. The van der Waals surface area contributed by atoms with E-state index < -0.39 is 6.10 Å². The summed E-state index contributed by atoms with van der Waals surface area (Å²) in [6.45, 7) is 6.46. The first-order chi connectivity index (χ1) is 31.0. The van der Waals surface area contributed by atoms with Gasteiger partial charge in [-0.3, -0.25) is 14.4 Å². The van der Waals surface area contributed by atoms with Crippen LogP contribution in [0.25, 0.3) is 0 Å². The van der Waals surface area contributed by atoms with Crippen LogP contribution in [0.15, 0.2) is 72.9 Å². The van der Waals surface area contributed by atoms with E-state index in [0.717, 1.165) is 116 Å². The number of unbranched alkanes of at least 4 members (excludes halogenated alkanes) is 27. The third kappa shape index (κ3) is 49.7. The second-order valence-corrected chi connectivity index (χ2v) is 17.5. The summed E-state index contributed by atoms with van der Waals surface area (Å²) in [5.74, 6) is -0.945. The fourth-order valence-corrected chi connectivity index (χ4v) is 7.25. The van der Waals surface area contributed by atoms with Crippen LogP contribution in [0.3, 0.4) is 0 Å². The van der Waals surface area contributed by atoms with Crippen molar-refractivity contribution < 1.29 is 28.6 Å². The zero-order chi connectivity index (χ0) is 45.8. The van der Waals surface area contributed by atoms with Gasteiger partial charge in [0, 0.05) is 19.3 Å². The second kappa shape index (κ2) is 51.5. The number of rotatable bonds is 47. The van der Waals surface area contributed by atoms with Crippen molar-refractivity contribution in [2.24, 2.45) is 0 Å². The van der Waals surface area contributed by atoms with Crippen molar-refractivity contribution in [1.82, 2.24) is 0 Å². The van der Waals surface area contributed by atoms with Crippen LogP contribution in [0.4, 0.5) is 0 Å². The van der Waals surface area contributed by atoms with Crippen molar-refractivity contribution in [3.63, 3.8) is 0 Å². The molecule has 0 aliphatic carbocycles. The lowest BCUT2D eigenvalue weighted by Crippen LogP contribution is -2.30. The molecule has 0 bridgehead atoms. The quantitative estimate of drug-likeness (QED) is 0.0199. The number of carbonyl (C=O) groups is 3. The topological polar surface area (TPSA) is 78.9 Å². The zero-order valence-electron chi connectivity index (χ0n) is 41.3. The molecule has 0 radical (unpaired) electrons. The Morgan fingerprint density at radius 3 is 1.03 bits per heavy atom. The number of esters is 3. The summed E-state index contributed by atoms with van der Waals surface area (Å²) in [6, 6.07) is 0. The summed E-state index contributed by atoms with van der Waals surface area (Å²) in [5.41, 5.74) is 0. The maximum Gasteiger partial charge on any atom is 0.306 e. The van der Waals surface area contributed by atoms with Crippen LogP contribution in [-0.4, -0.2) is 37.2 Å². The van der Waals surface area contributed by atoms with Gasteiger partial charge in [-0.1, -0.05) is 216 Å². The van der Waals surface area contributed by atoms with Crippen molar-refractivity contribution in [3.05, 3.63) is 72.9 Å². The molecule has 6 heteroatoms. The van der Waals surface area contributed by atoms with E-state index in [1.165, 1.54) is 96.3 Å². The minimum absolute atomic E-state index is 0.0963. The van der Waals surface area contributed by atoms with Gasteiger partial charge in [0.05, 0.1) is 0 Å². The standard InChI is InChI=1S/C57H98O6/c1-4-7-10-13-16-19-22-25-27-28-29-30-33-35-38-41-44-47-50-56(59)62-53-54(52-61-55(58)49-46-43-40-37-34-31-24-21-18-15-12-9-6-3)63-57(60)51-48-45-42-39-36-32-26-23-20-17-14-11-8-5-2/h9,12,15,18,21,24,27-30,32,36,54H,4-8,10-11,13-14,16-17,19-20,22-23,25-26,31,33-35,37-53H2,1-3H3/b12-9+,18-15+,24-21+,28-27+,30-29+,36-32+. The lowest BCUT2D eigenvalue weighted by molar-refractivity contribution is -0.167. The summed E-state index contributed by atoms with van der Waals surface area (Å²) in [4.78, 5) is 38.0. The molecule has 0 spiro atoms. The molecule has 0 heterocycles. The number of hydrogen-bond donors (Lipinski definition) is 0. The maximum absolute atomic E-state index is 12.8. The molecule has 0 aliphatic rings. The summed E-state index contributed by atoms with van der Waals surface area (Å²) < 4.78 is 16.8. The summed E-state index contributed by atoms with van der Waals surface area (Å²) in [7, 11) is 0. The molecule has 0 aliphatic heterocycles. The van der Waals surface area contributed by atoms with Crippen LogP contribution >= 0.6 is 0 Å². The van der Waals surface area contributed by atoms with Gasteiger partial charge >= 0.3 is 17.9 Å². The highest BCUT2D eigenvalue weighted by Gasteiger charge is 2.19. The monoisotopic (exact) mass is 879 g/mol. The van der Waals surface area contributed by atoms with E-state index in [1.54, 1.807) is 0 Å². The van der Waals surface area contributed by atoms with Crippen molar-refractivity contribution in [1.29, 1.82) is 0 Å². The number of hydrogen-bond acceptors (Lipinski definition) is 6. The predicted octanol–water partition coefficient (Wildman–Crippen LogP) is 17.4. The molecular formula is C57H98O6. The van der Waals surface area contributed by atoms with Crippen molar-refractivity contribution in [2.75, 3.05) is 13.2 Å². The van der Waals surface area contributed by atoms with Crippen LogP contribution in [0.5, 0.6) is 0 Å². The third-order valence-electron chi connectivity index (χ3n) is 11.3. The van der Waals surface area contributed by atoms with E-state index in [2.05, 4.69) is 93.7 Å². The number of ether oxygens (including phenoxy) is 3. The van der Waals surface area contributed by atoms with Crippen LogP contribution < -0.4 is 0 Å². The Bertz CT molecular complexity index is 1190. The van der Waals surface area contributed by atoms with E-state index in [0.29, 0.717) is 19.3 Å². The molecular weight excluding hydrogens is 781 g/mol. The average Bonchev–Trinajstić information content (AvgIpc) is 3.28. The largest absolute Gasteiger partial charge is 0.462 e. The van der Waals surface area contributed by atoms with Crippen LogP contribution in [0.1, 0.15) is 252 Å². The normalized spacial score (nSPS) is 12.6. The van der Waals surface area contributed by atoms with Crippen LogP contribution in [0, 0.1) is 0 Å². The van der Waals surface area contributed by atoms with E-state index >= 15 is 0 Å². The van der Waals surface area contributed by atoms with Gasteiger partial charge in [0.15, 0.2) is 6.10 Å². The van der Waals surface area contributed by atoms with Gasteiger partial charge in [0.25, 0.3) is 0 Å². The molecule has 0 aromatic carbocycles. The number of allylic oxidation sites excluding steroid dienone is 12. The Morgan fingerprint density at radius 1 is 0.333 bits per heavy atom. The maximum atomic E-state index is 12.8. The fourth-order valence-electron chi connectivity index (χ4n) is 7.25. The van der Waals surface area contributed by atoms with Crippen molar-refractivity contribution in [3.8, 4) is 0 Å². The molecule has 362 valence electrons.